The third-order valence-corrected chi connectivity index (χ3v) is 4.35. The molecule has 1 fully saturated rings. The molecule has 0 bridgehead atoms. The van der Waals surface area contributed by atoms with E-state index in [4.69, 9.17) is 10.00 Å². The number of aromatic nitrogens is 3. The van der Waals surface area contributed by atoms with Crippen LogP contribution in [0.25, 0.3) is 11.0 Å². The van der Waals surface area contributed by atoms with E-state index in [1.54, 1.807) is 35.2 Å². The lowest BCUT2D eigenvalue weighted by Gasteiger charge is -2.38. The Hall–Kier alpha value is -3.05. The summed E-state index contributed by atoms with van der Waals surface area (Å²) in [6.07, 6.45) is 1.38. The van der Waals surface area contributed by atoms with E-state index in [1.807, 2.05) is 6.07 Å². The van der Waals surface area contributed by atoms with E-state index in [0.29, 0.717) is 30.1 Å². The molecule has 3 aromatic rings. The van der Waals surface area contributed by atoms with Gasteiger partial charge >= 0.3 is 0 Å². The molecule has 0 unspecified atom stereocenters. The number of likely N-dealkylation sites (tertiary alicyclic amines) is 1. The zero-order chi connectivity index (χ0) is 16.5. The maximum atomic E-state index is 12.4. The van der Waals surface area contributed by atoms with Crippen LogP contribution in [-0.2, 0) is 0 Å². The highest BCUT2D eigenvalue weighted by Gasteiger charge is 2.33. The fourth-order valence-corrected chi connectivity index (χ4v) is 2.98. The predicted octanol–water partition coefficient (Wildman–Crippen LogP) is 1.86. The molecule has 2 aromatic heterocycles. The summed E-state index contributed by atoms with van der Waals surface area (Å²) in [4.78, 5) is 18.2. The average molecular weight is 337 g/mol. The third kappa shape index (κ3) is 2.66. The van der Waals surface area contributed by atoms with Crippen molar-refractivity contribution in [1.82, 2.24) is 18.6 Å². The van der Waals surface area contributed by atoms with Gasteiger partial charge in [-0.2, -0.15) is 14.0 Å². The first kappa shape index (κ1) is 14.5. The van der Waals surface area contributed by atoms with Crippen LogP contribution in [0.4, 0.5) is 0 Å². The zero-order valence-electron chi connectivity index (χ0n) is 12.4. The van der Waals surface area contributed by atoms with Crippen LogP contribution < -0.4 is 4.74 Å². The molecule has 118 valence electrons. The van der Waals surface area contributed by atoms with Crippen LogP contribution in [0.3, 0.4) is 0 Å². The molecule has 1 amide bonds. The van der Waals surface area contributed by atoms with Gasteiger partial charge in [0.1, 0.15) is 23.2 Å². The number of hydrogen-bond donors (Lipinski definition) is 0. The van der Waals surface area contributed by atoms with Crippen molar-refractivity contribution < 1.29 is 9.53 Å². The molecule has 4 rings (SSSR count). The second-order valence-electron chi connectivity index (χ2n) is 5.41. The first-order chi connectivity index (χ1) is 11.7. The summed E-state index contributed by atoms with van der Waals surface area (Å²) in [7, 11) is 0. The lowest BCUT2D eigenvalue weighted by Crippen LogP contribution is -2.56. The maximum Gasteiger partial charge on any atom is 0.254 e. The molecule has 24 heavy (non-hydrogen) atoms. The maximum absolute atomic E-state index is 12.4. The summed E-state index contributed by atoms with van der Waals surface area (Å²) in [6.45, 7) is 1.02. The highest BCUT2D eigenvalue weighted by molar-refractivity contribution is 7.00. The van der Waals surface area contributed by atoms with Gasteiger partial charge in [0.15, 0.2) is 0 Å². The number of ether oxygens (including phenoxy) is 1. The summed E-state index contributed by atoms with van der Waals surface area (Å²) in [5.74, 6) is 0.415. The van der Waals surface area contributed by atoms with Crippen molar-refractivity contribution >= 4 is 28.7 Å². The molecular weight excluding hydrogens is 326 g/mol. The summed E-state index contributed by atoms with van der Waals surface area (Å²) in [6, 6.07) is 10.7. The lowest BCUT2D eigenvalue weighted by atomic mass is 10.1. The van der Waals surface area contributed by atoms with Crippen LogP contribution in [0.15, 0.2) is 36.5 Å². The van der Waals surface area contributed by atoms with E-state index >= 15 is 0 Å². The minimum Gasteiger partial charge on any atom is -0.471 e. The molecular formula is C16H11N5O2S. The van der Waals surface area contributed by atoms with E-state index in [9.17, 15) is 4.79 Å². The second kappa shape index (κ2) is 5.86. The lowest BCUT2D eigenvalue weighted by molar-refractivity contribution is 0.0160. The summed E-state index contributed by atoms with van der Waals surface area (Å²) in [5.41, 5.74) is 2.62. The molecule has 1 aromatic carbocycles. The monoisotopic (exact) mass is 337 g/mol. The van der Waals surface area contributed by atoms with E-state index in [-0.39, 0.29) is 12.0 Å². The van der Waals surface area contributed by atoms with Crippen LogP contribution in [0.2, 0.25) is 0 Å². The number of rotatable bonds is 3. The third-order valence-electron chi connectivity index (χ3n) is 3.79. The van der Waals surface area contributed by atoms with Gasteiger partial charge < -0.3 is 9.64 Å². The number of fused-ring (bicyclic) bond motifs is 1. The minimum atomic E-state index is -0.0842. The number of carbonyl (C=O) groups is 1. The molecule has 0 aliphatic carbocycles. The van der Waals surface area contributed by atoms with Crippen molar-refractivity contribution in [3.05, 3.63) is 47.7 Å². The quantitative estimate of drug-likeness (QED) is 0.724. The largest absolute Gasteiger partial charge is 0.471 e. The van der Waals surface area contributed by atoms with Crippen LogP contribution in [-0.4, -0.2) is 43.7 Å². The van der Waals surface area contributed by atoms with Gasteiger partial charge in [-0.15, -0.1) is 0 Å². The molecule has 7 nitrogen and oxygen atoms in total. The molecule has 0 atom stereocenters. The van der Waals surface area contributed by atoms with Gasteiger partial charge in [-0.3, -0.25) is 4.79 Å². The zero-order valence-corrected chi connectivity index (χ0v) is 13.2. The average Bonchev–Trinajstić information content (AvgIpc) is 3.05. The normalized spacial score (nSPS) is 14.2. The van der Waals surface area contributed by atoms with Gasteiger partial charge in [0.2, 0.25) is 5.88 Å². The fourth-order valence-electron chi connectivity index (χ4n) is 2.46. The van der Waals surface area contributed by atoms with Crippen molar-refractivity contribution in [3.63, 3.8) is 0 Å². The topological polar surface area (TPSA) is 92.0 Å². The number of nitriles is 1. The summed E-state index contributed by atoms with van der Waals surface area (Å²) < 4.78 is 14.0. The molecule has 0 saturated carbocycles. The van der Waals surface area contributed by atoms with Gasteiger partial charge in [0, 0.05) is 17.8 Å². The smallest absolute Gasteiger partial charge is 0.254 e. The predicted molar refractivity (Wildman–Crippen MR) is 86.7 cm³/mol. The number of benzene rings is 1. The van der Waals surface area contributed by atoms with E-state index in [1.165, 1.54) is 6.20 Å². The number of carbonyl (C=O) groups excluding carboxylic acids is 1. The molecule has 0 spiro atoms. The number of nitrogens with zero attached hydrogens (tertiary/aromatic N) is 5. The van der Waals surface area contributed by atoms with Gasteiger partial charge in [-0.05, 0) is 24.3 Å². The highest BCUT2D eigenvalue weighted by Crippen LogP contribution is 2.20. The Morgan fingerprint density at radius 3 is 2.83 bits per heavy atom. The highest BCUT2D eigenvalue weighted by atomic mass is 32.1. The van der Waals surface area contributed by atoms with Crippen molar-refractivity contribution in [2.45, 2.75) is 6.10 Å². The van der Waals surface area contributed by atoms with E-state index < -0.39 is 0 Å². The Bertz CT molecular complexity index is 941. The number of amides is 1. The second-order valence-corrected chi connectivity index (χ2v) is 5.94. The fraction of sp³-hybridized carbons (Fsp3) is 0.188. The molecule has 8 heteroatoms. The Morgan fingerprint density at radius 2 is 2.08 bits per heavy atom. The molecule has 1 aliphatic rings. The SMILES string of the molecule is N#Cc1ccc(OC2CN(C(=O)c3ccc4nsnc4c3)C2)nc1. The Morgan fingerprint density at radius 1 is 1.25 bits per heavy atom. The molecule has 1 aliphatic heterocycles. The Labute approximate surface area is 141 Å². The Balaban J connectivity index is 1.37. The van der Waals surface area contributed by atoms with Gasteiger partial charge in [-0.1, -0.05) is 0 Å². The van der Waals surface area contributed by atoms with Crippen molar-refractivity contribution in [2.24, 2.45) is 0 Å². The van der Waals surface area contributed by atoms with Crippen molar-refractivity contribution in [1.29, 1.82) is 5.26 Å². The number of pyridine rings is 1. The molecule has 3 heterocycles. The Kier molecular flexibility index (Phi) is 3.55. The van der Waals surface area contributed by atoms with Crippen LogP contribution in [0.5, 0.6) is 5.88 Å². The van der Waals surface area contributed by atoms with E-state index in [2.05, 4.69) is 13.7 Å². The molecule has 0 N–H and O–H groups in total. The number of hydrogen-bond acceptors (Lipinski definition) is 7. The van der Waals surface area contributed by atoms with Gasteiger partial charge in [0.05, 0.1) is 30.4 Å². The summed E-state index contributed by atoms with van der Waals surface area (Å²) in [5, 5.41) is 8.74. The van der Waals surface area contributed by atoms with Crippen LogP contribution in [0, 0.1) is 11.3 Å². The van der Waals surface area contributed by atoms with Crippen molar-refractivity contribution in [3.8, 4) is 11.9 Å². The van der Waals surface area contributed by atoms with Crippen LogP contribution >= 0.6 is 11.7 Å². The van der Waals surface area contributed by atoms with Gasteiger partial charge in [-0.25, -0.2) is 4.98 Å². The van der Waals surface area contributed by atoms with E-state index in [0.717, 1.165) is 22.8 Å². The van der Waals surface area contributed by atoms with Gasteiger partial charge in [0.25, 0.3) is 5.91 Å². The van der Waals surface area contributed by atoms with Crippen molar-refractivity contribution in [2.75, 3.05) is 13.1 Å². The first-order valence-electron chi connectivity index (χ1n) is 7.27. The minimum absolute atomic E-state index is 0.0439. The standard InChI is InChI=1S/C16H11N5O2S/c17-6-10-1-4-15(18-7-10)23-12-8-21(9-12)16(22)11-2-3-13-14(5-11)20-24-19-13/h1-5,7,12H,8-9H2. The molecule has 1 saturated heterocycles. The molecule has 0 radical (unpaired) electrons. The summed E-state index contributed by atoms with van der Waals surface area (Å²) >= 11 is 1.13. The first-order valence-corrected chi connectivity index (χ1v) is 8.00. The van der Waals surface area contributed by atoms with Crippen LogP contribution in [0.1, 0.15) is 15.9 Å².